The first kappa shape index (κ1) is 15.2. The van der Waals surface area contributed by atoms with Crippen LogP contribution in [0, 0.1) is 0 Å². The maximum absolute atomic E-state index is 5.90. The van der Waals surface area contributed by atoms with Gasteiger partial charge in [-0.2, -0.15) is 0 Å². The Kier molecular flexibility index (Phi) is 5.31. The zero-order chi connectivity index (χ0) is 14.4. The molecule has 2 rings (SSSR count). The van der Waals surface area contributed by atoms with Crippen LogP contribution in [0.25, 0.3) is 0 Å². The average molecular weight is 301 g/mol. The lowest BCUT2D eigenvalue weighted by Crippen LogP contribution is -2.59. The van der Waals surface area contributed by atoms with Crippen LogP contribution in [0.3, 0.4) is 0 Å². The number of benzene rings is 2. The Morgan fingerprint density at radius 2 is 1.55 bits per heavy atom. The lowest BCUT2D eigenvalue weighted by atomic mass is 10.4. The van der Waals surface area contributed by atoms with Gasteiger partial charge in [0, 0.05) is 13.3 Å². The molecule has 0 saturated carbocycles. The topological polar surface area (TPSA) is 21.3 Å². The molecule has 105 valence electrons. The van der Waals surface area contributed by atoms with Crippen molar-refractivity contribution in [1.82, 2.24) is 4.98 Å². The molecular formula is C16H22NOSi2. The highest BCUT2D eigenvalue weighted by atomic mass is 28.4. The Balaban J connectivity index is 2.04. The van der Waals surface area contributed by atoms with Gasteiger partial charge in [0.15, 0.2) is 8.96 Å². The van der Waals surface area contributed by atoms with Crippen LogP contribution < -0.4 is 15.4 Å². The fraction of sp³-hybridized carbons (Fsp3) is 0.250. The van der Waals surface area contributed by atoms with E-state index in [9.17, 15) is 0 Å². The molecule has 1 atom stereocenters. The minimum absolute atomic E-state index is 0.712. The Hall–Kier alpha value is -1.21. The second kappa shape index (κ2) is 6.99. The quantitative estimate of drug-likeness (QED) is 0.821. The summed E-state index contributed by atoms with van der Waals surface area (Å²) in [6, 6.07) is 21.3. The molecule has 1 N–H and O–H groups in total. The summed E-state index contributed by atoms with van der Waals surface area (Å²) in [6.45, 7) is 4.57. The lowest BCUT2D eigenvalue weighted by molar-refractivity contribution is 0.409. The van der Waals surface area contributed by atoms with Crippen molar-refractivity contribution in [3.05, 3.63) is 60.7 Å². The molecule has 1 radical (unpaired) electrons. The van der Waals surface area contributed by atoms with Gasteiger partial charge in [0.2, 0.25) is 8.32 Å². The van der Waals surface area contributed by atoms with Gasteiger partial charge in [-0.3, -0.25) is 0 Å². The van der Waals surface area contributed by atoms with Crippen LogP contribution in [-0.2, 0) is 4.43 Å². The fourth-order valence-electron chi connectivity index (χ4n) is 2.17. The van der Waals surface area contributed by atoms with Crippen molar-refractivity contribution in [2.75, 3.05) is 13.3 Å². The summed E-state index contributed by atoms with van der Waals surface area (Å²) in [6.07, 6.45) is 0.952. The van der Waals surface area contributed by atoms with Crippen molar-refractivity contribution in [3.8, 4) is 0 Å². The highest BCUT2D eigenvalue weighted by Gasteiger charge is 2.30. The van der Waals surface area contributed by atoms with E-state index < -0.39 is 17.3 Å². The fourth-order valence-corrected chi connectivity index (χ4v) is 6.96. The van der Waals surface area contributed by atoms with Crippen molar-refractivity contribution < 1.29 is 4.43 Å². The zero-order valence-electron chi connectivity index (χ0n) is 12.4. The third-order valence-corrected chi connectivity index (χ3v) is 9.30. The second-order valence-corrected chi connectivity index (χ2v) is 11.1. The van der Waals surface area contributed by atoms with Crippen molar-refractivity contribution >= 4 is 27.6 Å². The van der Waals surface area contributed by atoms with Crippen LogP contribution in [0.4, 0.5) is 0 Å². The molecule has 20 heavy (non-hydrogen) atoms. The third-order valence-electron chi connectivity index (χ3n) is 3.73. The van der Waals surface area contributed by atoms with Crippen LogP contribution in [0.15, 0.2) is 60.7 Å². The molecule has 2 aromatic carbocycles. The summed E-state index contributed by atoms with van der Waals surface area (Å²) in [4.78, 5) is 3.73. The highest BCUT2D eigenvalue weighted by Crippen LogP contribution is 2.03. The molecular weight excluding hydrogens is 278 g/mol. The predicted octanol–water partition coefficient (Wildman–Crippen LogP) is 1.77. The van der Waals surface area contributed by atoms with Gasteiger partial charge in [0.1, 0.15) is 0 Å². The van der Waals surface area contributed by atoms with Gasteiger partial charge >= 0.3 is 0 Å². The van der Waals surface area contributed by atoms with Crippen LogP contribution in [0.2, 0.25) is 13.1 Å². The lowest BCUT2D eigenvalue weighted by Gasteiger charge is -2.27. The van der Waals surface area contributed by atoms with Gasteiger partial charge in [-0.05, 0) is 16.9 Å². The van der Waals surface area contributed by atoms with E-state index in [1.165, 1.54) is 10.4 Å². The molecule has 0 saturated heterocycles. The molecule has 0 fully saturated rings. The molecule has 0 amide bonds. The van der Waals surface area contributed by atoms with Gasteiger partial charge in [-0.25, -0.2) is 0 Å². The minimum Gasteiger partial charge on any atom is -0.415 e. The smallest absolute Gasteiger partial charge is 0.233 e. The van der Waals surface area contributed by atoms with E-state index in [1.54, 1.807) is 0 Å². The minimum atomic E-state index is -1.88. The molecule has 0 aliphatic carbocycles. The Morgan fingerprint density at radius 3 is 2.10 bits per heavy atom. The van der Waals surface area contributed by atoms with E-state index >= 15 is 0 Å². The summed E-state index contributed by atoms with van der Waals surface area (Å²) in [7, 11) is -0.754. The van der Waals surface area contributed by atoms with Gasteiger partial charge in [-0.15, -0.1) is 0 Å². The van der Waals surface area contributed by atoms with Gasteiger partial charge < -0.3 is 9.41 Å². The van der Waals surface area contributed by atoms with Crippen molar-refractivity contribution in [1.29, 1.82) is 0 Å². The molecule has 1 unspecified atom stereocenters. The van der Waals surface area contributed by atoms with Crippen molar-refractivity contribution in [2.45, 2.75) is 13.1 Å². The normalized spacial score (nSPS) is 14.2. The Labute approximate surface area is 124 Å². The first-order chi connectivity index (χ1) is 9.65. The number of rotatable bonds is 6. The summed E-state index contributed by atoms with van der Waals surface area (Å²) < 4.78 is 5.90. The summed E-state index contributed by atoms with van der Waals surface area (Å²) in [5, 5.41) is 2.76. The molecule has 0 bridgehead atoms. The van der Waals surface area contributed by atoms with Crippen LogP contribution in [0.5, 0.6) is 0 Å². The molecule has 0 aliphatic heterocycles. The van der Waals surface area contributed by atoms with E-state index in [0.717, 1.165) is 6.17 Å². The second-order valence-electron chi connectivity index (χ2n) is 5.15. The van der Waals surface area contributed by atoms with Gasteiger partial charge in [0.05, 0.1) is 0 Å². The van der Waals surface area contributed by atoms with E-state index in [-0.39, 0.29) is 0 Å². The SMILES string of the molecule is CO[Si](C)(CN[Si](C)c1ccccc1)c1ccccc1. The van der Waals surface area contributed by atoms with Crippen LogP contribution in [0.1, 0.15) is 0 Å². The number of hydrogen-bond donors (Lipinski definition) is 1. The third kappa shape index (κ3) is 3.67. The zero-order valence-corrected chi connectivity index (χ0v) is 14.4. The summed E-state index contributed by atoms with van der Waals surface area (Å²) >= 11 is 0. The maximum atomic E-state index is 5.90. The Morgan fingerprint density at radius 1 is 1.00 bits per heavy atom. The first-order valence-corrected chi connectivity index (χ1v) is 11.5. The molecule has 0 aliphatic rings. The average Bonchev–Trinajstić information content (AvgIpc) is 2.54. The number of hydrogen-bond acceptors (Lipinski definition) is 2. The van der Waals surface area contributed by atoms with Gasteiger partial charge in [-0.1, -0.05) is 67.2 Å². The van der Waals surface area contributed by atoms with Crippen LogP contribution >= 0.6 is 0 Å². The van der Waals surface area contributed by atoms with E-state index in [0.29, 0.717) is 0 Å². The molecule has 2 aromatic rings. The van der Waals surface area contributed by atoms with Crippen molar-refractivity contribution in [2.24, 2.45) is 0 Å². The van der Waals surface area contributed by atoms with E-state index in [4.69, 9.17) is 4.43 Å². The van der Waals surface area contributed by atoms with Crippen molar-refractivity contribution in [3.63, 3.8) is 0 Å². The standard InChI is InChI=1S/C16H22NOSi2/c1-18-20(3,16-12-8-5-9-13-16)14-17-19(2)15-10-6-4-7-11-15/h4-13,17H,14H2,1-3H3. The van der Waals surface area contributed by atoms with E-state index in [2.05, 4.69) is 78.7 Å². The molecule has 0 heterocycles. The van der Waals surface area contributed by atoms with E-state index in [1.807, 2.05) is 7.11 Å². The largest absolute Gasteiger partial charge is 0.415 e. The van der Waals surface area contributed by atoms with Crippen LogP contribution in [-0.4, -0.2) is 30.6 Å². The summed E-state index contributed by atoms with van der Waals surface area (Å²) in [5.41, 5.74) is 0. The Bertz CT molecular complexity index is 521. The molecule has 2 nitrogen and oxygen atoms in total. The molecule has 0 aromatic heterocycles. The summed E-state index contributed by atoms with van der Waals surface area (Å²) in [5.74, 6) is 0. The predicted molar refractivity (Wildman–Crippen MR) is 90.4 cm³/mol. The number of nitrogens with one attached hydrogen (secondary N) is 1. The monoisotopic (exact) mass is 300 g/mol. The molecule has 4 heteroatoms. The first-order valence-electron chi connectivity index (χ1n) is 6.89. The molecule has 0 spiro atoms. The van der Waals surface area contributed by atoms with Gasteiger partial charge in [0.25, 0.3) is 0 Å². The highest BCUT2D eigenvalue weighted by molar-refractivity contribution is 6.86. The maximum Gasteiger partial charge on any atom is 0.233 e.